The Bertz CT molecular complexity index is 1930. The van der Waals surface area contributed by atoms with E-state index in [1.165, 1.54) is 0 Å². The predicted molar refractivity (Wildman–Crippen MR) is 165 cm³/mol. The lowest BCUT2D eigenvalue weighted by Crippen LogP contribution is -2.14. The summed E-state index contributed by atoms with van der Waals surface area (Å²) in [4.78, 5) is 48.5. The summed E-state index contributed by atoms with van der Waals surface area (Å²) in [6, 6.07) is 0. The minimum atomic E-state index is -0.890. The zero-order valence-electron chi connectivity index (χ0n) is 25.1. The van der Waals surface area contributed by atoms with Crippen molar-refractivity contribution in [1.82, 2.24) is 20.3 Å². The van der Waals surface area contributed by atoms with Crippen molar-refractivity contribution < 1.29 is 24.2 Å². The number of esters is 2. The van der Waals surface area contributed by atoms with Gasteiger partial charge in [0.2, 0.25) is 0 Å². The number of cyclic esters (lactones) is 2. The van der Waals surface area contributed by atoms with Crippen molar-refractivity contribution in [3.05, 3.63) is 84.8 Å². The molecule has 222 valence electrons. The minimum Gasteiger partial charge on any atom is -0.481 e. The van der Waals surface area contributed by atoms with E-state index < -0.39 is 17.9 Å². The molecule has 0 unspecified atom stereocenters. The fraction of sp³-hybridized carbons (Fsp3) is 0.324. The summed E-state index contributed by atoms with van der Waals surface area (Å²) in [5, 5.41) is 15.0. The molecule has 0 aliphatic carbocycles. The molecule has 0 spiro atoms. The Balaban J connectivity index is 1.73. The minimum absolute atomic E-state index is 0.0326. The number of H-pyrrole nitrogens is 3. The summed E-state index contributed by atoms with van der Waals surface area (Å²) < 4.78 is 5.25. The predicted octanol–water partition coefficient (Wildman–Crippen LogP) is 4.33. The molecule has 0 aromatic carbocycles. The summed E-state index contributed by atoms with van der Waals surface area (Å²) in [6.07, 6.45) is 9.03. The van der Waals surface area contributed by atoms with Crippen molar-refractivity contribution >= 4 is 47.8 Å². The van der Waals surface area contributed by atoms with Crippen LogP contribution in [0.3, 0.4) is 0 Å². The van der Waals surface area contributed by atoms with Gasteiger partial charge in [0.15, 0.2) is 0 Å². The van der Waals surface area contributed by atoms with Crippen LogP contribution in [0.15, 0.2) is 18.0 Å². The Morgan fingerprint density at radius 2 is 1.74 bits per heavy atom. The lowest BCUT2D eigenvalue weighted by Gasteiger charge is -2.17. The first-order valence-electron chi connectivity index (χ1n) is 14.7. The van der Waals surface area contributed by atoms with Crippen LogP contribution in [0, 0.1) is 32.6 Å². The van der Waals surface area contributed by atoms with Crippen molar-refractivity contribution in [2.75, 3.05) is 0 Å². The first-order chi connectivity index (χ1) is 20.5. The molecule has 3 aliphatic rings. The molecule has 3 aromatic rings. The van der Waals surface area contributed by atoms with Gasteiger partial charge in [0.05, 0.1) is 17.7 Å². The quantitative estimate of drug-likeness (QED) is 0.225. The molecule has 1 fully saturated rings. The maximum atomic E-state index is 13.3. The van der Waals surface area contributed by atoms with Gasteiger partial charge in [-0.3, -0.25) is 9.59 Å². The lowest BCUT2D eigenvalue weighted by molar-refractivity contribution is -0.138. The third-order valence-corrected chi connectivity index (χ3v) is 9.31. The first-order valence-corrected chi connectivity index (χ1v) is 14.7. The monoisotopic (exact) mass is 580 g/mol. The number of aromatic amines is 3. The van der Waals surface area contributed by atoms with Gasteiger partial charge >= 0.3 is 17.9 Å². The van der Waals surface area contributed by atoms with E-state index in [2.05, 4.69) is 59.8 Å². The smallest absolute Gasteiger partial charge is 0.348 e. The Morgan fingerprint density at radius 1 is 1.02 bits per heavy atom. The van der Waals surface area contributed by atoms with Gasteiger partial charge in [-0.2, -0.15) is 0 Å². The van der Waals surface area contributed by atoms with Crippen LogP contribution in [0.1, 0.15) is 94.1 Å². The molecule has 9 heteroatoms. The second-order valence-corrected chi connectivity index (χ2v) is 11.7. The molecule has 0 saturated carbocycles. The number of hydrogen-bond donors (Lipinski definition) is 5. The molecule has 8 bridgehead atoms. The number of hydrogen-bond acceptors (Lipinski definition) is 5. The summed E-state index contributed by atoms with van der Waals surface area (Å²) in [7, 11) is 0. The number of fused-ring (bicyclic) bond motifs is 7. The average Bonchev–Trinajstić information content (AvgIpc) is 3.61. The average molecular weight is 581 g/mol. The van der Waals surface area contributed by atoms with Crippen LogP contribution in [-0.4, -0.2) is 38.0 Å². The highest BCUT2D eigenvalue weighted by atomic mass is 16.6. The van der Waals surface area contributed by atoms with Crippen LogP contribution in [0.2, 0.25) is 0 Å². The van der Waals surface area contributed by atoms with Crippen molar-refractivity contribution in [2.24, 2.45) is 11.8 Å². The van der Waals surface area contributed by atoms with E-state index in [4.69, 9.17) is 4.74 Å². The molecule has 6 heterocycles. The SMILES string of the molecule is C=Cc1c2[nH]c(c1C)C=C1NC(=C3CC(=O)OC(=O)c4c3[nH]c(c4C)C=c3[nH]c(c(C)c3CC)=C2)[C@@H](CCC(=O)O)[C@@H]1C. The Labute approximate surface area is 249 Å². The molecule has 3 aromatic heterocycles. The lowest BCUT2D eigenvalue weighted by atomic mass is 9.85. The highest BCUT2D eigenvalue weighted by molar-refractivity contribution is 6.07. The van der Waals surface area contributed by atoms with Crippen molar-refractivity contribution in [2.45, 2.75) is 60.3 Å². The zero-order valence-corrected chi connectivity index (χ0v) is 25.1. The van der Waals surface area contributed by atoms with Crippen LogP contribution in [-0.2, 0) is 20.7 Å². The number of carboxylic acids is 1. The Morgan fingerprint density at radius 3 is 2.44 bits per heavy atom. The van der Waals surface area contributed by atoms with Crippen LogP contribution in [0.4, 0.5) is 0 Å². The standard InChI is InChI=1S/C34H36N4O5/c1-7-19-15(3)23-12-25-17(5)21(9-10-29(39)40)32(37-25)22-11-30(41)43-34(42)31-18(6)26(38-33(22)31)14-28-20(8-2)16(4)24(36-28)13-27(19)35-23/h7,12-14,17,21,35-38H,1,8-11H2,2-6H3,(H,39,40)/t17-,21-/m0/s1. The van der Waals surface area contributed by atoms with Gasteiger partial charge in [0.1, 0.15) is 0 Å². The number of carbonyl (C=O) groups excluding carboxylic acids is 2. The largest absolute Gasteiger partial charge is 0.481 e. The summed E-state index contributed by atoms with van der Waals surface area (Å²) in [6.45, 7) is 14.2. The summed E-state index contributed by atoms with van der Waals surface area (Å²) in [5.74, 6) is -2.53. The number of carboxylic acid groups (broad SMARTS) is 1. The highest BCUT2D eigenvalue weighted by Crippen LogP contribution is 2.43. The van der Waals surface area contributed by atoms with E-state index >= 15 is 0 Å². The van der Waals surface area contributed by atoms with Crippen LogP contribution in [0.5, 0.6) is 0 Å². The molecular weight excluding hydrogens is 544 g/mol. The first kappa shape index (κ1) is 28.3. The molecule has 3 aliphatic heterocycles. The molecular formula is C34H36N4O5. The zero-order chi connectivity index (χ0) is 30.7. The fourth-order valence-electron chi connectivity index (χ4n) is 6.88. The van der Waals surface area contributed by atoms with E-state index in [0.717, 1.165) is 67.8 Å². The van der Waals surface area contributed by atoms with Crippen LogP contribution >= 0.6 is 0 Å². The van der Waals surface area contributed by atoms with Crippen LogP contribution < -0.4 is 16.0 Å². The van der Waals surface area contributed by atoms with Crippen LogP contribution in [0.25, 0.3) is 29.9 Å². The van der Waals surface area contributed by atoms with Crippen molar-refractivity contribution in [3.63, 3.8) is 0 Å². The number of allylic oxidation sites excluding steroid dienone is 2. The van der Waals surface area contributed by atoms with Gasteiger partial charge in [-0.05, 0) is 74.1 Å². The third-order valence-electron chi connectivity index (χ3n) is 9.31. The van der Waals surface area contributed by atoms with Crippen molar-refractivity contribution in [3.8, 4) is 0 Å². The van der Waals surface area contributed by atoms with Gasteiger partial charge in [-0.1, -0.05) is 26.5 Å². The van der Waals surface area contributed by atoms with Gasteiger partial charge in [0.25, 0.3) is 0 Å². The summed E-state index contributed by atoms with van der Waals surface area (Å²) >= 11 is 0. The molecule has 0 amide bonds. The van der Waals surface area contributed by atoms with E-state index in [9.17, 15) is 19.5 Å². The van der Waals surface area contributed by atoms with E-state index in [0.29, 0.717) is 28.8 Å². The second-order valence-electron chi connectivity index (χ2n) is 11.7. The number of ether oxygens (including phenoxy) is 1. The third kappa shape index (κ3) is 4.59. The number of aromatic nitrogens is 3. The second kappa shape index (κ2) is 10.5. The van der Waals surface area contributed by atoms with Crippen molar-refractivity contribution in [1.29, 1.82) is 0 Å². The number of carbonyl (C=O) groups is 3. The molecule has 43 heavy (non-hydrogen) atoms. The molecule has 1 saturated heterocycles. The number of rotatable bonds is 5. The number of nitrogens with one attached hydrogen (secondary N) is 4. The fourth-order valence-corrected chi connectivity index (χ4v) is 6.88. The Hall–Kier alpha value is -4.79. The molecule has 6 rings (SSSR count). The normalized spacial score (nSPS) is 19.2. The van der Waals surface area contributed by atoms with Gasteiger partial charge < -0.3 is 30.1 Å². The maximum absolute atomic E-state index is 13.3. The summed E-state index contributed by atoms with van der Waals surface area (Å²) in [5.41, 5.74) is 10.7. The molecule has 0 radical (unpaired) electrons. The van der Waals surface area contributed by atoms with E-state index in [-0.39, 0.29) is 24.7 Å². The molecule has 2 atom stereocenters. The topological polar surface area (TPSA) is 140 Å². The molecule has 9 nitrogen and oxygen atoms in total. The highest BCUT2D eigenvalue weighted by Gasteiger charge is 2.39. The van der Waals surface area contributed by atoms with Gasteiger partial charge in [-0.25, -0.2) is 4.79 Å². The maximum Gasteiger partial charge on any atom is 0.348 e. The Kier molecular flexibility index (Phi) is 6.91. The molecule has 5 N–H and O–H groups in total. The number of aliphatic carboxylic acids is 1. The van der Waals surface area contributed by atoms with E-state index in [1.54, 1.807) is 0 Å². The van der Waals surface area contributed by atoms with E-state index in [1.807, 2.05) is 26.0 Å². The van der Waals surface area contributed by atoms with Gasteiger partial charge in [-0.15, -0.1) is 0 Å². The van der Waals surface area contributed by atoms with Gasteiger partial charge in [0, 0.05) is 68.6 Å².